The number of rotatable bonds is 4. The van der Waals surface area contributed by atoms with Crippen LogP contribution in [0.4, 0.5) is 11.4 Å². The van der Waals surface area contributed by atoms with Gasteiger partial charge in [-0.3, -0.25) is 9.78 Å². The molecule has 20 heavy (non-hydrogen) atoms. The number of halogens is 1. The first kappa shape index (κ1) is 14.6. The summed E-state index contributed by atoms with van der Waals surface area (Å²) in [5, 5.41) is 3.59. The van der Waals surface area contributed by atoms with Crippen molar-refractivity contribution in [2.75, 3.05) is 31.3 Å². The van der Waals surface area contributed by atoms with Crippen molar-refractivity contribution in [1.29, 1.82) is 0 Å². The van der Waals surface area contributed by atoms with Gasteiger partial charge in [-0.1, -0.05) is 15.9 Å². The van der Waals surface area contributed by atoms with Gasteiger partial charge in [0.1, 0.15) is 0 Å². The number of pyridine rings is 1. The Morgan fingerprint density at radius 3 is 2.95 bits per heavy atom. The molecular formula is C14H17BrN4O. The molecule has 0 aliphatic carbocycles. The number of nitrogens with zero attached hydrogens (tertiary/aromatic N) is 2. The van der Waals surface area contributed by atoms with Crippen molar-refractivity contribution in [3.05, 3.63) is 28.9 Å². The van der Waals surface area contributed by atoms with Crippen molar-refractivity contribution in [2.45, 2.75) is 6.42 Å². The van der Waals surface area contributed by atoms with Gasteiger partial charge in [0, 0.05) is 36.9 Å². The van der Waals surface area contributed by atoms with Crippen molar-refractivity contribution >= 4 is 44.1 Å². The van der Waals surface area contributed by atoms with Crippen LogP contribution in [0, 0.1) is 0 Å². The molecule has 0 spiro atoms. The molecule has 0 aliphatic heterocycles. The van der Waals surface area contributed by atoms with Crippen LogP contribution >= 0.6 is 15.9 Å². The first-order valence-corrected chi connectivity index (χ1v) is 7.07. The molecule has 1 aromatic carbocycles. The predicted molar refractivity (Wildman–Crippen MR) is 85.8 cm³/mol. The van der Waals surface area contributed by atoms with Crippen molar-refractivity contribution in [2.24, 2.45) is 0 Å². The van der Waals surface area contributed by atoms with Gasteiger partial charge in [-0.05, 0) is 18.2 Å². The molecule has 1 aromatic heterocycles. The number of amides is 1. The molecule has 0 fully saturated rings. The maximum atomic E-state index is 11.4. The van der Waals surface area contributed by atoms with E-state index < -0.39 is 0 Å². The van der Waals surface area contributed by atoms with Crippen molar-refractivity contribution in [1.82, 2.24) is 10.3 Å². The molecular weight excluding hydrogens is 320 g/mol. The number of nitrogen functional groups attached to an aromatic ring is 1. The zero-order valence-corrected chi connectivity index (χ0v) is 13.1. The fraction of sp³-hybridized carbons (Fsp3) is 0.286. The number of nitrogens with two attached hydrogens (primary N) is 1. The van der Waals surface area contributed by atoms with Crippen molar-refractivity contribution in [3.63, 3.8) is 0 Å². The van der Waals surface area contributed by atoms with Gasteiger partial charge in [-0.2, -0.15) is 0 Å². The van der Waals surface area contributed by atoms with Gasteiger partial charge in [0.05, 0.1) is 23.1 Å². The molecule has 106 valence electrons. The zero-order chi connectivity index (χ0) is 14.7. The summed E-state index contributed by atoms with van der Waals surface area (Å²) >= 11 is 3.46. The van der Waals surface area contributed by atoms with E-state index in [1.807, 2.05) is 30.1 Å². The van der Waals surface area contributed by atoms with E-state index in [-0.39, 0.29) is 5.91 Å². The lowest BCUT2D eigenvalue weighted by Gasteiger charge is -2.22. The lowest BCUT2D eigenvalue weighted by atomic mass is 10.1. The highest BCUT2D eigenvalue weighted by atomic mass is 79.9. The van der Waals surface area contributed by atoms with Gasteiger partial charge in [0.25, 0.3) is 0 Å². The van der Waals surface area contributed by atoms with Gasteiger partial charge >= 0.3 is 0 Å². The Morgan fingerprint density at radius 1 is 1.50 bits per heavy atom. The van der Waals surface area contributed by atoms with Gasteiger partial charge < -0.3 is 16.0 Å². The second-order valence-electron chi connectivity index (χ2n) is 4.57. The van der Waals surface area contributed by atoms with E-state index in [0.717, 1.165) is 21.1 Å². The number of carbonyl (C=O) groups excluding carboxylic acids is 1. The average Bonchev–Trinajstić information content (AvgIpc) is 2.44. The van der Waals surface area contributed by atoms with E-state index >= 15 is 0 Å². The van der Waals surface area contributed by atoms with Gasteiger partial charge in [-0.15, -0.1) is 0 Å². The second-order valence-corrected chi connectivity index (χ2v) is 5.48. The second kappa shape index (κ2) is 6.09. The van der Waals surface area contributed by atoms with E-state index in [1.54, 1.807) is 13.2 Å². The number of benzene rings is 1. The number of hydrogen-bond acceptors (Lipinski definition) is 4. The molecule has 1 amide bonds. The quantitative estimate of drug-likeness (QED) is 0.897. The van der Waals surface area contributed by atoms with E-state index in [2.05, 4.69) is 26.2 Å². The van der Waals surface area contributed by atoms with E-state index in [1.165, 1.54) is 0 Å². The molecule has 0 unspecified atom stereocenters. The average molecular weight is 337 g/mol. The third kappa shape index (κ3) is 3.01. The summed E-state index contributed by atoms with van der Waals surface area (Å²) in [4.78, 5) is 17.7. The molecule has 0 saturated carbocycles. The molecule has 0 atom stereocenters. The lowest BCUT2D eigenvalue weighted by Crippen LogP contribution is -2.27. The topological polar surface area (TPSA) is 71.2 Å². The SMILES string of the molecule is CNC(=O)CCN(C)c1c(N)cnc2ccc(Br)cc12. The minimum absolute atomic E-state index is 0.00923. The third-order valence-electron chi connectivity index (χ3n) is 3.16. The summed E-state index contributed by atoms with van der Waals surface area (Å²) in [5.41, 5.74) is 8.44. The van der Waals surface area contributed by atoms with E-state index in [0.29, 0.717) is 18.7 Å². The van der Waals surface area contributed by atoms with Crippen LogP contribution in [0.1, 0.15) is 6.42 Å². The smallest absolute Gasteiger partial charge is 0.221 e. The summed E-state index contributed by atoms with van der Waals surface area (Å²) in [6.07, 6.45) is 2.08. The monoisotopic (exact) mass is 336 g/mol. The minimum Gasteiger partial charge on any atom is -0.396 e. The number of fused-ring (bicyclic) bond motifs is 1. The van der Waals surface area contributed by atoms with Crippen LogP contribution in [-0.4, -0.2) is 31.5 Å². The Bertz CT molecular complexity index is 639. The Balaban J connectivity index is 2.38. The fourth-order valence-electron chi connectivity index (χ4n) is 2.10. The number of hydrogen-bond donors (Lipinski definition) is 2. The highest BCUT2D eigenvalue weighted by Gasteiger charge is 2.12. The zero-order valence-electron chi connectivity index (χ0n) is 11.5. The van der Waals surface area contributed by atoms with Crippen LogP contribution in [0.15, 0.2) is 28.9 Å². The molecule has 0 aliphatic rings. The largest absolute Gasteiger partial charge is 0.396 e. The summed E-state index contributed by atoms with van der Waals surface area (Å²) in [7, 11) is 3.56. The molecule has 3 N–H and O–H groups in total. The van der Waals surface area contributed by atoms with Crippen LogP contribution in [0.5, 0.6) is 0 Å². The molecule has 6 heteroatoms. The fourth-order valence-corrected chi connectivity index (χ4v) is 2.46. The minimum atomic E-state index is 0.00923. The van der Waals surface area contributed by atoms with Gasteiger partial charge in [0.15, 0.2) is 0 Å². The highest BCUT2D eigenvalue weighted by Crippen LogP contribution is 2.32. The normalized spacial score (nSPS) is 10.6. The first-order chi connectivity index (χ1) is 9.52. The van der Waals surface area contributed by atoms with Gasteiger partial charge in [-0.25, -0.2) is 0 Å². The molecule has 2 rings (SSSR count). The molecule has 0 radical (unpaired) electrons. The van der Waals surface area contributed by atoms with Crippen molar-refractivity contribution < 1.29 is 4.79 Å². The van der Waals surface area contributed by atoms with Crippen molar-refractivity contribution in [3.8, 4) is 0 Å². The first-order valence-electron chi connectivity index (χ1n) is 6.28. The summed E-state index contributed by atoms with van der Waals surface area (Å²) in [5.74, 6) is 0.00923. The van der Waals surface area contributed by atoms with Crippen LogP contribution in [0.3, 0.4) is 0 Å². The van der Waals surface area contributed by atoms with Crippen LogP contribution in [-0.2, 0) is 4.79 Å². The third-order valence-corrected chi connectivity index (χ3v) is 3.66. The summed E-state index contributed by atoms with van der Waals surface area (Å²) in [6, 6.07) is 5.87. The lowest BCUT2D eigenvalue weighted by molar-refractivity contribution is -0.120. The predicted octanol–water partition coefficient (Wildman–Crippen LogP) is 2.15. The summed E-state index contributed by atoms with van der Waals surface area (Å²) < 4.78 is 0.971. The maximum Gasteiger partial charge on any atom is 0.221 e. The molecule has 2 aromatic rings. The highest BCUT2D eigenvalue weighted by molar-refractivity contribution is 9.10. The molecule has 0 saturated heterocycles. The molecule has 1 heterocycles. The van der Waals surface area contributed by atoms with Gasteiger partial charge in [0.2, 0.25) is 5.91 Å². The number of aromatic nitrogens is 1. The number of carbonyl (C=O) groups is 1. The Kier molecular flexibility index (Phi) is 4.44. The van der Waals surface area contributed by atoms with Crippen LogP contribution < -0.4 is 16.0 Å². The van der Waals surface area contributed by atoms with Crippen LogP contribution in [0.2, 0.25) is 0 Å². The summed E-state index contributed by atoms with van der Waals surface area (Å²) in [6.45, 7) is 0.593. The number of anilines is 2. The van der Waals surface area contributed by atoms with E-state index in [4.69, 9.17) is 5.73 Å². The molecule has 5 nitrogen and oxygen atoms in total. The maximum absolute atomic E-state index is 11.4. The van der Waals surface area contributed by atoms with E-state index in [9.17, 15) is 4.79 Å². The standard InChI is InChI=1S/C14H17BrN4O/c1-17-13(20)5-6-19(2)14-10-7-9(15)3-4-12(10)18-8-11(14)16/h3-4,7-8H,5-6,16H2,1-2H3,(H,17,20). The Morgan fingerprint density at radius 2 is 2.25 bits per heavy atom. The Labute approximate surface area is 126 Å². The molecule has 0 bridgehead atoms. The Hall–Kier alpha value is -1.82. The number of nitrogens with one attached hydrogen (secondary N) is 1. The van der Waals surface area contributed by atoms with Crippen LogP contribution in [0.25, 0.3) is 10.9 Å².